The fraction of sp³-hybridized carbons (Fsp3) is 0.619. The molecule has 0 saturated carbocycles. The second-order valence-corrected chi connectivity index (χ2v) is 7.95. The molecule has 1 N–H and O–H groups in total. The molecule has 0 spiro atoms. The number of hydrogen-bond acceptors (Lipinski definition) is 5. The highest BCUT2D eigenvalue weighted by Crippen LogP contribution is 2.20. The highest BCUT2D eigenvalue weighted by molar-refractivity contribution is 5.89. The molecule has 0 aromatic heterocycles. The molecule has 0 aliphatic rings. The summed E-state index contributed by atoms with van der Waals surface area (Å²) in [4.78, 5) is 26.8. The fourth-order valence-corrected chi connectivity index (χ4v) is 2.96. The minimum absolute atomic E-state index is 0.113. The van der Waals surface area contributed by atoms with E-state index in [2.05, 4.69) is 0 Å². The predicted octanol–water partition coefficient (Wildman–Crippen LogP) is 3.19. The Balaban J connectivity index is 2.81. The lowest BCUT2D eigenvalue weighted by Gasteiger charge is -2.32. The van der Waals surface area contributed by atoms with E-state index in [1.165, 1.54) is 0 Å². The van der Waals surface area contributed by atoms with Gasteiger partial charge in [0, 0.05) is 13.0 Å². The molecule has 0 aliphatic heterocycles. The van der Waals surface area contributed by atoms with Gasteiger partial charge in [0.15, 0.2) is 11.9 Å². The highest BCUT2D eigenvalue weighted by Gasteiger charge is 2.32. The van der Waals surface area contributed by atoms with Gasteiger partial charge in [-0.2, -0.15) is 0 Å². The lowest BCUT2D eigenvalue weighted by Crippen LogP contribution is -2.45. The summed E-state index contributed by atoms with van der Waals surface area (Å²) in [6.07, 6.45) is -0.834. The molecule has 1 unspecified atom stereocenters. The molecular formula is C21H33NO4. The second kappa shape index (κ2) is 9.83. The molecule has 1 aromatic rings. The number of ether oxygens (including phenoxy) is 1. The first-order valence-electron chi connectivity index (χ1n) is 9.23. The van der Waals surface area contributed by atoms with Crippen molar-refractivity contribution in [3.8, 4) is 0 Å². The number of aliphatic hydroxyl groups excluding tert-OH is 1. The van der Waals surface area contributed by atoms with Gasteiger partial charge in [-0.1, -0.05) is 50.6 Å². The van der Waals surface area contributed by atoms with Gasteiger partial charge >= 0.3 is 5.97 Å². The minimum Gasteiger partial charge on any atom is -0.458 e. The van der Waals surface area contributed by atoms with Crippen LogP contribution in [0.2, 0.25) is 0 Å². The van der Waals surface area contributed by atoms with Crippen LogP contribution in [-0.4, -0.2) is 46.6 Å². The van der Waals surface area contributed by atoms with Crippen LogP contribution in [0, 0.1) is 5.92 Å². The molecular weight excluding hydrogens is 330 g/mol. The SMILES string of the molecule is CC[C@H](C)[C@@H](C(=O)CC(O)C(=O)OC(C)(C)C)N(C)Cc1ccccc1. The minimum atomic E-state index is -1.43. The summed E-state index contributed by atoms with van der Waals surface area (Å²) in [5, 5.41) is 10.1. The van der Waals surface area contributed by atoms with E-state index in [0.29, 0.717) is 6.54 Å². The van der Waals surface area contributed by atoms with Crippen LogP contribution in [0.3, 0.4) is 0 Å². The van der Waals surface area contributed by atoms with Crippen LogP contribution in [0.5, 0.6) is 0 Å². The summed E-state index contributed by atoms with van der Waals surface area (Å²) < 4.78 is 5.17. The van der Waals surface area contributed by atoms with E-state index in [0.717, 1.165) is 12.0 Å². The van der Waals surface area contributed by atoms with Crippen molar-refractivity contribution in [2.45, 2.75) is 71.8 Å². The van der Waals surface area contributed by atoms with Crippen LogP contribution < -0.4 is 0 Å². The molecule has 26 heavy (non-hydrogen) atoms. The number of benzene rings is 1. The second-order valence-electron chi connectivity index (χ2n) is 7.95. The van der Waals surface area contributed by atoms with Crippen LogP contribution in [-0.2, 0) is 20.9 Å². The number of carbonyl (C=O) groups excluding carboxylic acids is 2. The molecule has 146 valence electrons. The van der Waals surface area contributed by atoms with Gasteiger partial charge in [0.2, 0.25) is 0 Å². The van der Waals surface area contributed by atoms with Crippen LogP contribution in [0.15, 0.2) is 30.3 Å². The van der Waals surface area contributed by atoms with Gasteiger partial charge in [-0.15, -0.1) is 0 Å². The van der Waals surface area contributed by atoms with Crippen molar-refractivity contribution in [3.63, 3.8) is 0 Å². The number of likely N-dealkylation sites (N-methyl/N-ethyl adjacent to an activating group) is 1. The smallest absolute Gasteiger partial charge is 0.335 e. The number of esters is 1. The van der Waals surface area contributed by atoms with E-state index in [-0.39, 0.29) is 24.2 Å². The van der Waals surface area contributed by atoms with E-state index in [9.17, 15) is 14.7 Å². The topological polar surface area (TPSA) is 66.8 Å². The molecule has 3 atom stereocenters. The van der Waals surface area contributed by atoms with Crippen molar-refractivity contribution < 1.29 is 19.4 Å². The van der Waals surface area contributed by atoms with Crippen LogP contribution in [0.25, 0.3) is 0 Å². The molecule has 0 aliphatic carbocycles. The summed E-state index contributed by atoms with van der Waals surface area (Å²) >= 11 is 0. The van der Waals surface area contributed by atoms with Gasteiger partial charge in [0.1, 0.15) is 5.60 Å². The maximum absolute atomic E-state index is 12.8. The summed E-state index contributed by atoms with van der Waals surface area (Å²) in [5.41, 5.74) is 0.421. The van der Waals surface area contributed by atoms with Crippen LogP contribution in [0.1, 0.15) is 53.0 Å². The molecule has 5 heteroatoms. The van der Waals surface area contributed by atoms with Crippen molar-refractivity contribution in [1.29, 1.82) is 0 Å². The zero-order chi connectivity index (χ0) is 19.9. The third kappa shape index (κ3) is 7.26. The molecule has 5 nitrogen and oxygen atoms in total. The maximum atomic E-state index is 12.8. The van der Waals surface area contributed by atoms with E-state index in [4.69, 9.17) is 4.74 Å². The Hall–Kier alpha value is -1.72. The summed E-state index contributed by atoms with van der Waals surface area (Å²) in [5.74, 6) is -0.780. The highest BCUT2D eigenvalue weighted by atomic mass is 16.6. The van der Waals surface area contributed by atoms with Crippen LogP contribution >= 0.6 is 0 Å². The summed E-state index contributed by atoms with van der Waals surface area (Å²) in [6, 6.07) is 9.56. The average molecular weight is 363 g/mol. The fourth-order valence-electron chi connectivity index (χ4n) is 2.96. The maximum Gasteiger partial charge on any atom is 0.335 e. The first-order valence-corrected chi connectivity index (χ1v) is 9.23. The van der Waals surface area contributed by atoms with Crippen molar-refractivity contribution in [1.82, 2.24) is 4.90 Å². The van der Waals surface area contributed by atoms with Gasteiger partial charge in [0.25, 0.3) is 0 Å². The lowest BCUT2D eigenvalue weighted by molar-refractivity contribution is -0.166. The Bertz CT molecular complexity index is 579. The molecule has 0 saturated heterocycles. The van der Waals surface area contributed by atoms with Gasteiger partial charge in [-0.05, 0) is 39.3 Å². The third-order valence-corrected chi connectivity index (χ3v) is 4.34. The summed E-state index contributed by atoms with van der Waals surface area (Å²) in [7, 11) is 1.90. The molecule has 1 aromatic carbocycles. The van der Waals surface area contributed by atoms with E-state index in [1.54, 1.807) is 20.8 Å². The number of hydrogen-bond donors (Lipinski definition) is 1. The van der Waals surface area contributed by atoms with E-state index < -0.39 is 17.7 Å². The Morgan fingerprint density at radius 3 is 2.27 bits per heavy atom. The molecule has 0 radical (unpaired) electrons. The quantitative estimate of drug-likeness (QED) is 0.683. The van der Waals surface area contributed by atoms with Gasteiger partial charge in [-0.25, -0.2) is 4.79 Å². The zero-order valence-electron chi connectivity index (χ0n) is 16.9. The zero-order valence-corrected chi connectivity index (χ0v) is 16.9. The largest absolute Gasteiger partial charge is 0.458 e. The molecule has 0 heterocycles. The van der Waals surface area contributed by atoms with Crippen molar-refractivity contribution in [2.24, 2.45) is 5.92 Å². The monoisotopic (exact) mass is 363 g/mol. The molecule has 0 amide bonds. The Morgan fingerprint density at radius 1 is 1.19 bits per heavy atom. The molecule has 0 bridgehead atoms. The summed E-state index contributed by atoms with van der Waals surface area (Å²) in [6.45, 7) is 9.87. The molecule has 0 fully saturated rings. The standard InChI is InChI=1S/C21H33NO4/c1-7-15(2)19(22(6)14-16-11-9-8-10-12-16)17(23)13-18(24)20(25)26-21(3,4)5/h8-12,15,18-19,24H,7,13-14H2,1-6H3/t15-,18?,19-/m0/s1. The Kier molecular flexibility index (Phi) is 8.44. The first-order chi connectivity index (χ1) is 12.0. The molecule has 1 rings (SSSR count). The van der Waals surface area contributed by atoms with Crippen LogP contribution in [0.4, 0.5) is 0 Å². The van der Waals surface area contributed by atoms with Gasteiger partial charge in [-0.3, -0.25) is 9.69 Å². The van der Waals surface area contributed by atoms with Gasteiger partial charge in [0.05, 0.1) is 6.04 Å². The van der Waals surface area contributed by atoms with Gasteiger partial charge < -0.3 is 9.84 Å². The van der Waals surface area contributed by atoms with E-state index in [1.807, 2.05) is 56.1 Å². The third-order valence-electron chi connectivity index (χ3n) is 4.34. The van der Waals surface area contributed by atoms with Crippen molar-refractivity contribution in [3.05, 3.63) is 35.9 Å². The van der Waals surface area contributed by atoms with Crippen molar-refractivity contribution in [2.75, 3.05) is 7.05 Å². The number of nitrogens with zero attached hydrogens (tertiary/aromatic N) is 1. The number of Topliss-reactive ketones (excluding diaryl/α,β-unsaturated/α-hetero) is 1. The average Bonchev–Trinajstić information content (AvgIpc) is 2.54. The normalized spacial score (nSPS) is 15.4. The first kappa shape index (κ1) is 22.3. The Morgan fingerprint density at radius 2 is 1.77 bits per heavy atom. The number of ketones is 1. The van der Waals surface area contributed by atoms with Crippen molar-refractivity contribution >= 4 is 11.8 Å². The number of carbonyl (C=O) groups is 2. The Labute approximate surface area is 157 Å². The van der Waals surface area contributed by atoms with E-state index >= 15 is 0 Å². The number of rotatable bonds is 9. The number of aliphatic hydroxyl groups is 1. The lowest BCUT2D eigenvalue weighted by atomic mass is 9.91. The predicted molar refractivity (Wildman–Crippen MR) is 103 cm³/mol.